The molecule has 15 heavy (non-hydrogen) atoms. The number of hydrogen-bond donors (Lipinski definition) is 0. The van der Waals surface area contributed by atoms with Crippen molar-refractivity contribution in [1.29, 1.82) is 0 Å². The van der Waals surface area contributed by atoms with Gasteiger partial charge in [-0.1, -0.05) is 27.7 Å². The van der Waals surface area contributed by atoms with Crippen LogP contribution in [0.3, 0.4) is 0 Å². The first kappa shape index (κ1) is 13.3. The molecule has 0 aromatic rings. The maximum Gasteiger partial charge on any atom is -0.0117 e. The van der Waals surface area contributed by atoms with Crippen molar-refractivity contribution in [3.05, 3.63) is 0 Å². The van der Waals surface area contributed by atoms with Crippen LogP contribution in [0.2, 0.25) is 0 Å². The quantitative estimate of drug-likeness (QED) is 0.612. The Morgan fingerprint density at radius 2 is 1.73 bits per heavy atom. The van der Waals surface area contributed by atoms with Crippen LogP contribution in [-0.4, -0.2) is 16.4 Å². The molecule has 0 radical (unpaired) electrons. The minimum atomic E-state index is 0.522. The van der Waals surface area contributed by atoms with E-state index in [2.05, 4.69) is 34.6 Å². The average Bonchev–Trinajstić information content (AvgIpc) is 2.50. The Labute approximate surface area is 98.8 Å². The van der Waals surface area contributed by atoms with Crippen molar-refractivity contribution in [1.82, 2.24) is 0 Å². The molecule has 0 bridgehead atoms. The van der Waals surface area contributed by atoms with Gasteiger partial charge in [-0.15, -0.1) is 0 Å². The fraction of sp³-hybridized carbons (Fsp3) is 0.929. The van der Waals surface area contributed by atoms with E-state index in [1.165, 1.54) is 37.2 Å². The van der Waals surface area contributed by atoms with E-state index in [1.807, 2.05) is 0 Å². The lowest BCUT2D eigenvalue weighted by atomic mass is 9.80. The molecular weight excluding hydrogens is 200 g/mol. The summed E-state index contributed by atoms with van der Waals surface area (Å²) in [4.78, 5) is 1.80. The van der Waals surface area contributed by atoms with Crippen LogP contribution in [0.4, 0.5) is 0 Å². The highest BCUT2D eigenvalue weighted by Crippen LogP contribution is 2.34. The van der Waals surface area contributed by atoms with Crippen LogP contribution in [-0.2, 0) is 0 Å². The molecule has 1 heterocycles. The van der Waals surface area contributed by atoms with Crippen molar-refractivity contribution < 1.29 is 0 Å². The predicted octanol–water partition coefficient (Wildman–Crippen LogP) is 4.70. The van der Waals surface area contributed by atoms with Crippen LogP contribution in [0.5, 0.6) is 0 Å². The highest BCUT2D eigenvalue weighted by Gasteiger charge is 2.21. The fourth-order valence-corrected chi connectivity index (χ4v) is 5.56. The zero-order chi connectivity index (χ0) is 11.5. The molecule has 0 N–H and O–H groups in total. The Bertz CT molecular complexity index is 228. The lowest BCUT2D eigenvalue weighted by molar-refractivity contribution is 0.300. The van der Waals surface area contributed by atoms with Gasteiger partial charge >= 0.3 is 0 Å². The largest absolute Gasteiger partial charge is 0.187 e. The standard InChI is InChI=1S/C14H28S/c1-12(2)10-14(4,5)11-13(3)15-8-6-7-9-15/h12H,6-11H2,1-5H3. The van der Waals surface area contributed by atoms with Crippen LogP contribution in [0, 0.1) is 11.3 Å². The van der Waals surface area contributed by atoms with Crippen molar-refractivity contribution in [2.24, 2.45) is 11.3 Å². The third-order valence-electron chi connectivity index (χ3n) is 3.21. The van der Waals surface area contributed by atoms with Gasteiger partial charge < -0.3 is 0 Å². The van der Waals surface area contributed by atoms with E-state index in [0.717, 1.165) is 5.92 Å². The second kappa shape index (κ2) is 5.52. The molecule has 0 atom stereocenters. The smallest absolute Gasteiger partial charge is 0.0117 e. The van der Waals surface area contributed by atoms with Gasteiger partial charge in [-0.2, -0.15) is 10.5 Å². The molecule has 0 aromatic heterocycles. The van der Waals surface area contributed by atoms with Crippen molar-refractivity contribution in [2.45, 2.75) is 60.3 Å². The molecule has 0 saturated carbocycles. The van der Waals surface area contributed by atoms with Gasteiger partial charge in [0.15, 0.2) is 0 Å². The number of rotatable bonds is 4. The SMILES string of the molecule is CC(CC(C)(C)CC(C)C)=S1CCCC1. The summed E-state index contributed by atoms with van der Waals surface area (Å²) in [6.45, 7) is 12.0. The minimum absolute atomic E-state index is 0.522. The molecule has 0 spiro atoms. The first-order valence-electron chi connectivity index (χ1n) is 6.41. The summed E-state index contributed by atoms with van der Waals surface area (Å²) in [5.41, 5.74) is 0.522. The highest BCUT2D eigenvalue weighted by molar-refractivity contribution is 8.16. The van der Waals surface area contributed by atoms with Crippen LogP contribution in [0.15, 0.2) is 0 Å². The molecule has 1 fully saturated rings. The van der Waals surface area contributed by atoms with Gasteiger partial charge in [-0.05, 0) is 60.3 Å². The Balaban J connectivity index is 2.55. The molecule has 1 rings (SSSR count). The van der Waals surface area contributed by atoms with E-state index in [9.17, 15) is 0 Å². The molecular formula is C14H28S. The van der Waals surface area contributed by atoms with Crippen LogP contribution in [0.1, 0.15) is 60.3 Å². The van der Waals surface area contributed by atoms with E-state index in [1.54, 1.807) is 4.86 Å². The van der Waals surface area contributed by atoms with Gasteiger partial charge in [0.05, 0.1) is 0 Å². The summed E-state index contributed by atoms with van der Waals surface area (Å²) in [5, 5.41) is 0. The zero-order valence-corrected chi connectivity index (χ0v) is 12.0. The molecule has 0 aromatic carbocycles. The normalized spacial score (nSPS) is 18.8. The van der Waals surface area contributed by atoms with Gasteiger partial charge in [0.2, 0.25) is 0 Å². The topological polar surface area (TPSA) is 0 Å². The molecule has 0 nitrogen and oxygen atoms in total. The van der Waals surface area contributed by atoms with E-state index in [4.69, 9.17) is 0 Å². The summed E-state index contributed by atoms with van der Waals surface area (Å²) in [5.74, 6) is 3.81. The lowest BCUT2D eigenvalue weighted by Gasteiger charge is -2.28. The molecule has 0 aliphatic carbocycles. The van der Waals surface area contributed by atoms with Gasteiger partial charge in [-0.25, -0.2) is 0 Å². The Kier molecular flexibility index (Phi) is 4.89. The highest BCUT2D eigenvalue weighted by atomic mass is 32.2. The number of hydrogen-bond acceptors (Lipinski definition) is 0. The summed E-state index contributed by atoms with van der Waals surface area (Å²) in [6, 6.07) is 0. The molecule has 1 aliphatic heterocycles. The Morgan fingerprint density at radius 1 is 1.20 bits per heavy atom. The lowest BCUT2D eigenvalue weighted by Crippen LogP contribution is -2.18. The Morgan fingerprint density at radius 3 is 2.20 bits per heavy atom. The average molecular weight is 228 g/mol. The molecule has 1 saturated heterocycles. The second-order valence-electron chi connectivity index (χ2n) is 6.25. The minimum Gasteiger partial charge on any atom is -0.187 e. The van der Waals surface area contributed by atoms with E-state index in [0.29, 0.717) is 15.9 Å². The third-order valence-corrected chi connectivity index (χ3v) is 5.91. The second-order valence-corrected chi connectivity index (χ2v) is 8.75. The predicted molar refractivity (Wildman–Crippen MR) is 75.1 cm³/mol. The van der Waals surface area contributed by atoms with Gasteiger partial charge in [0.25, 0.3) is 0 Å². The van der Waals surface area contributed by atoms with Crippen LogP contribution < -0.4 is 0 Å². The summed E-state index contributed by atoms with van der Waals surface area (Å²) in [7, 11) is 0.683. The maximum atomic E-state index is 2.44. The molecule has 1 aliphatic rings. The van der Waals surface area contributed by atoms with Gasteiger partial charge in [-0.3, -0.25) is 0 Å². The van der Waals surface area contributed by atoms with E-state index in [-0.39, 0.29) is 0 Å². The molecule has 0 amide bonds. The van der Waals surface area contributed by atoms with Crippen molar-refractivity contribution in [3.63, 3.8) is 0 Å². The Hall–Kier alpha value is 0.220. The van der Waals surface area contributed by atoms with Crippen LogP contribution in [0.25, 0.3) is 0 Å². The fourth-order valence-electron chi connectivity index (χ4n) is 2.96. The van der Waals surface area contributed by atoms with E-state index < -0.39 is 0 Å². The first-order chi connectivity index (χ1) is 6.91. The van der Waals surface area contributed by atoms with Crippen LogP contribution >= 0.6 is 10.5 Å². The first-order valence-corrected chi connectivity index (χ1v) is 7.97. The maximum absolute atomic E-state index is 2.44. The summed E-state index contributed by atoms with van der Waals surface area (Å²) < 4.78 is 0. The third kappa shape index (κ3) is 4.72. The molecule has 90 valence electrons. The molecule has 1 heteroatoms. The van der Waals surface area contributed by atoms with Gasteiger partial charge in [0, 0.05) is 0 Å². The summed E-state index contributed by atoms with van der Waals surface area (Å²) >= 11 is 0. The van der Waals surface area contributed by atoms with Crippen molar-refractivity contribution >= 4 is 15.3 Å². The molecule has 0 unspecified atom stereocenters. The van der Waals surface area contributed by atoms with Crippen molar-refractivity contribution in [3.8, 4) is 0 Å². The zero-order valence-electron chi connectivity index (χ0n) is 11.2. The monoisotopic (exact) mass is 228 g/mol. The summed E-state index contributed by atoms with van der Waals surface area (Å²) in [6.07, 6.45) is 5.67. The van der Waals surface area contributed by atoms with E-state index >= 15 is 0 Å². The van der Waals surface area contributed by atoms with Gasteiger partial charge in [0.1, 0.15) is 0 Å². The van der Waals surface area contributed by atoms with Crippen molar-refractivity contribution in [2.75, 3.05) is 11.5 Å².